The third kappa shape index (κ3) is 7.73. The van der Waals surface area contributed by atoms with Crippen LogP contribution in [0.2, 0.25) is 0 Å². The minimum atomic E-state index is 0. The van der Waals surface area contributed by atoms with Crippen LogP contribution in [0.5, 0.6) is 0 Å². The van der Waals surface area contributed by atoms with Crippen LogP contribution in [0, 0.1) is 0 Å². The number of hydrogen-bond donors (Lipinski definition) is 2. The molecule has 3 rings (SSSR count). The highest BCUT2D eigenvalue weighted by Gasteiger charge is 2.20. The molecule has 1 aliphatic carbocycles. The van der Waals surface area contributed by atoms with Gasteiger partial charge in [-0.25, -0.2) is 4.98 Å². The zero-order valence-electron chi connectivity index (χ0n) is 17.1. The van der Waals surface area contributed by atoms with Crippen molar-refractivity contribution in [2.24, 2.45) is 4.99 Å². The number of pyridine rings is 1. The fourth-order valence-electron chi connectivity index (χ4n) is 3.99. The monoisotopic (exact) mass is 501 g/mol. The molecule has 6 nitrogen and oxygen atoms in total. The van der Waals surface area contributed by atoms with E-state index in [0.29, 0.717) is 12.1 Å². The summed E-state index contributed by atoms with van der Waals surface area (Å²) in [5.41, 5.74) is 0. The van der Waals surface area contributed by atoms with E-state index >= 15 is 0 Å². The fraction of sp³-hybridized carbons (Fsp3) is 0.714. The quantitative estimate of drug-likeness (QED) is 0.205. The molecule has 1 aliphatic heterocycles. The van der Waals surface area contributed by atoms with Crippen molar-refractivity contribution in [3.63, 3.8) is 0 Å². The van der Waals surface area contributed by atoms with Crippen LogP contribution in [-0.2, 0) is 4.74 Å². The first-order valence-corrected chi connectivity index (χ1v) is 10.6. The maximum atomic E-state index is 6.05. The smallest absolute Gasteiger partial charge is 0.191 e. The molecule has 1 aromatic rings. The van der Waals surface area contributed by atoms with Gasteiger partial charge >= 0.3 is 0 Å². The Morgan fingerprint density at radius 3 is 2.54 bits per heavy atom. The van der Waals surface area contributed by atoms with E-state index in [1.807, 2.05) is 19.3 Å². The molecule has 0 aromatic carbocycles. The number of rotatable bonds is 6. The Labute approximate surface area is 186 Å². The molecule has 0 spiro atoms. The van der Waals surface area contributed by atoms with Gasteiger partial charge in [-0.1, -0.05) is 31.7 Å². The Bertz CT molecular complexity index is 555. The topological polar surface area (TPSA) is 61.8 Å². The maximum Gasteiger partial charge on any atom is 0.191 e. The second-order valence-corrected chi connectivity index (χ2v) is 7.58. The van der Waals surface area contributed by atoms with Gasteiger partial charge in [-0.3, -0.25) is 4.99 Å². The molecule has 0 atom stereocenters. The third-order valence-corrected chi connectivity index (χ3v) is 5.58. The van der Waals surface area contributed by atoms with Crippen LogP contribution in [0.25, 0.3) is 0 Å². The van der Waals surface area contributed by atoms with Crippen molar-refractivity contribution in [2.75, 3.05) is 38.2 Å². The maximum absolute atomic E-state index is 6.05. The molecule has 0 unspecified atom stereocenters. The van der Waals surface area contributed by atoms with Crippen LogP contribution < -0.4 is 15.5 Å². The van der Waals surface area contributed by atoms with E-state index in [4.69, 9.17) is 4.74 Å². The van der Waals surface area contributed by atoms with Gasteiger partial charge in [-0.05, 0) is 37.8 Å². The molecule has 2 fully saturated rings. The van der Waals surface area contributed by atoms with Crippen LogP contribution in [0.15, 0.2) is 29.4 Å². The molecule has 28 heavy (non-hydrogen) atoms. The average molecular weight is 501 g/mol. The van der Waals surface area contributed by atoms with Crippen LogP contribution in [0.4, 0.5) is 5.82 Å². The summed E-state index contributed by atoms with van der Waals surface area (Å²) in [7, 11) is 1.84. The lowest BCUT2D eigenvalue weighted by Crippen LogP contribution is -2.49. The first kappa shape index (κ1) is 23.2. The summed E-state index contributed by atoms with van der Waals surface area (Å²) in [6, 6.07) is 6.56. The molecular formula is C21H36IN5O. The second kappa shape index (κ2) is 13.2. The minimum absolute atomic E-state index is 0. The summed E-state index contributed by atoms with van der Waals surface area (Å²) in [4.78, 5) is 11.2. The summed E-state index contributed by atoms with van der Waals surface area (Å²) in [6.07, 6.45) is 12.3. The lowest BCUT2D eigenvalue weighted by molar-refractivity contribution is 0.0468. The summed E-state index contributed by atoms with van der Waals surface area (Å²) in [5, 5.41) is 6.97. The molecule has 0 bridgehead atoms. The molecule has 0 amide bonds. The van der Waals surface area contributed by atoms with E-state index in [2.05, 4.69) is 37.6 Å². The second-order valence-electron chi connectivity index (χ2n) is 7.58. The van der Waals surface area contributed by atoms with Gasteiger partial charge in [0.15, 0.2) is 5.96 Å². The Kier molecular flexibility index (Phi) is 10.9. The Morgan fingerprint density at radius 1 is 1.14 bits per heavy atom. The number of nitrogens with zero attached hydrogens (tertiary/aromatic N) is 3. The molecule has 1 saturated heterocycles. The number of halogens is 1. The number of nitrogens with one attached hydrogen (secondary N) is 2. The van der Waals surface area contributed by atoms with E-state index in [9.17, 15) is 0 Å². The van der Waals surface area contributed by atoms with Crippen molar-refractivity contribution >= 4 is 35.8 Å². The van der Waals surface area contributed by atoms with Gasteiger partial charge in [0.1, 0.15) is 5.82 Å². The molecule has 158 valence electrons. The van der Waals surface area contributed by atoms with Gasteiger partial charge in [0.25, 0.3) is 0 Å². The van der Waals surface area contributed by atoms with Gasteiger partial charge in [0, 0.05) is 38.9 Å². The van der Waals surface area contributed by atoms with E-state index in [0.717, 1.165) is 50.9 Å². The van der Waals surface area contributed by atoms with Crippen molar-refractivity contribution < 1.29 is 4.74 Å². The van der Waals surface area contributed by atoms with Gasteiger partial charge in [0.05, 0.1) is 12.7 Å². The number of anilines is 1. The first-order chi connectivity index (χ1) is 13.3. The van der Waals surface area contributed by atoms with Crippen molar-refractivity contribution in [1.29, 1.82) is 0 Å². The zero-order valence-corrected chi connectivity index (χ0v) is 19.4. The predicted molar refractivity (Wildman–Crippen MR) is 127 cm³/mol. The van der Waals surface area contributed by atoms with Gasteiger partial charge in [0.2, 0.25) is 0 Å². The number of aromatic nitrogens is 1. The molecule has 1 aromatic heterocycles. The molecule has 2 N–H and O–H groups in total. The van der Waals surface area contributed by atoms with Crippen molar-refractivity contribution in [1.82, 2.24) is 15.6 Å². The lowest BCUT2D eigenvalue weighted by atomic mass is 10.1. The Hall–Kier alpha value is -1.09. The van der Waals surface area contributed by atoms with E-state index in [1.54, 1.807) is 0 Å². The van der Waals surface area contributed by atoms with Crippen LogP contribution >= 0.6 is 24.0 Å². The summed E-state index contributed by atoms with van der Waals surface area (Å²) in [6.45, 7) is 3.61. The zero-order chi connectivity index (χ0) is 18.7. The minimum Gasteiger partial charge on any atom is -0.376 e. The fourth-order valence-corrected chi connectivity index (χ4v) is 3.99. The molecule has 7 heteroatoms. The van der Waals surface area contributed by atoms with E-state index in [1.165, 1.54) is 38.5 Å². The third-order valence-electron chi connectivity index (χ3n) is 5.58. The van der Waals surface area contributed by atoms with Gasteiger partial charge in [-0.15, -0.1) is 24.0 Å². The van der Waals surface area contributed by atoms with Gasteiger partial charge < -0.3 is 20.3 Å². The SMILES string of the molecule is CN=C(NCCOC1CCCCCC1)NC1CCN(c2ccccn2)CC1.I. The standard InChI is InChI=1S/C21H35N5O.HI/c1-22-21(24-14-17-27-19-8-4-2-3-5-9-19)25-18-11-15-26(16-12-18)20-10-6-7-13-23-20;/h6-7,10,13,18-19H,2-5,8-9,11-12,14-17H2,1H3,(H2,22,24,25);1H. The van der Waals surface area contributed by atoms with E-state index < -0.39 is 0 Å². The highest BCUT2D eigenvalue weighted by Crippen LogP contribution is 2.19. The molecular weight excluding hydrogens is 465 g/mol. The number of aliphatic imine (C=N–C) groups is 1. The number of piperidine rings is 1. The van der Waals surface area contributed by atoms with Crippen molar-refractivity contribution in [2.45, 2.75) is 63.5 Å². The Morgan fingerprint density at radius 2 is 1.89 bits per heavy atom. The van der Waals surface area contributed by atoms with Crippen molar-refractivity contribution in [3.05, 3.63) is 24.4 Å². The largest absolute Gasteiger partial charge is 0.376 e. The Balaban J connectivity index is 0.00000280. The normalized spacial score (nSPS) is 19.6. The van der Waals surface area contributed by atoms with Gasteiger partial charge in [-0.2, -0.15) is 0 Å². The highest BCUT2D eigenvalue weighted by molar-refractivity contribution is 14.0. The highest BCUT2D eigenvalue weighted by atomic mass is 127. The van der Waals surface area contributed by atoms with Crippen molar-refractivity contribution in [3.8, 4) is 0 Å². The van der Waals surface area contributed by atoms with Crippen LogP contribution in [0.3, 0.4) is 0 Å². The summed E-state index contributed by atoms with van der Waals surface area (Å²) < 4.78 is 6.05. The summed E-state index contributed by atoms with van der Waals surface area (Å²) in [5.74, 6) is 1.96. The molecule has 0 radical (unpaired) electrons. The lowest BCUT2D eigenvalue weighted by Gasteiger charge is -2.33. The number of ether oxygens (including phenoxy) is 1. The summed E-state index contributed by atoms with van der Waals surface area (Å²) >= 11 is 0. The van der Waals surface area contributed by atoms with Crippen LogP contribution in [0.1, 0.15) is 51.4 Å². The average Bonchev–Trinajstić information content (AvgIpc) is 3.00. The predicted octanol–water partition coefficient (Wildman–Crippen LogP) is 3.57. The number of hydrogen-bond acceptors (Lipinski definition) is 4. The molecule has 2 heterocycles. The van der Waals surface area contributed by atoms with E-state index in [-0.39, 0.29) is 24.0 Å². The molecule has 2 aliphatic rings. The van der Waals surface area contributed by atoms with Crippen LogP contribution in [-0.4, -0.2) is 56.4 Å². The number of guanidine groups is 1. The molecule has 1 saturated carbocycles. The first-order valence-electron chi connectivity index (χ1n) is 10.6.